The average Bonchev–Trinajstić information content (AvgIpc) is 2.14. The number of furan rings is 1. The molecule has 0 saturated carbocycles. The van der Waals surface area contributed by atoms with Gasteiger partial charge in [-0.3, -0.25) is 0 Å². The van der Waals surface area contributed by atoms with Gasteiger partial charge in [0.25, 0.3) is 0 Å². The van der Waals surface area contributed by atoms with Gasteiger partial charge in [-0.1, -0.05) is 0 Å². The van der Waals surface area contributed by atoms with E-state index in [9.17, 15) is 0 Å². The molecular weight excluding hydrogens is 108 g/mol. The third-order valence-electron chi connectivity index (χ3n) is 0.731. The van der Waals surface area contributed by atoms with Gasteiger partial charge in [-0.2, -0.15) is 0 Å². The summed E-state index contributed by atoms with van der Waals surface area (Å²) in [7, 11) is 0. The van der Waals surface area contributed by atoms with Crippen LogP contribution in [0.1, 0.15) is 0 Å². The molecule has 0 spiro atoms. The first kappa shape index (κ1) is 4.78. The first-order valence-corrected chi connectivity index (χ1v) is 3.22. The van der Waals surface area contributed by atoms with E-state index in [1.807, 2.05) is 12.3 Å². The minimum atomic E-state index is 1.18. The number of hydrogen-bond donors (Lipinski definition) is 0. The minimum Gasteiger partial charge on any atom is -0.471 e. The molecule has 0 aliphatic rings. The summed E-state index contributed by atoms with van der Waals surface area (Å²) in [5, 5.41) is 0. The molecule has 0 amide bonds. The Labute approximate surface area is 46.7 Å². The molecule has 1 aromatic heterocycles. The first-order chi connectivity index (χ1) is 3.43. The van der Waals surface area contributed by atoms with Crippen LogP contribution in [-0.2, 0) is 0 Å². The predicted octanol–water partition coefficient (Wildman–Crippen LogP) is 2.00. The van der Waals surface area contributed by atoms with E-state index in [1.54, 1.807) is 24.3 Å². The second kappa shape index (κ2) is 2.07. The van der Waals surface area contributed by atoms with Crippen molar-refractivity contribution in [2.45, 2.75) is 4.90 Å². The maximum atomic E-state index is 4.78. The smallest absolute Gasteiger partial charge is 0.104 e. The number of rotatable bonds is 1. The van der Waals surface area contributed by atoms with E-state index in [1.165, 1.54) is 4.90 Å². The van der Waals surface area contributed by atoms with Crippen molar-refractivity contribution in [1.82, 2.24) is 0 Å². The Morgan fingerprint density at radius 1 is 1.71 bits per heavy atom. The average molecular weight is 114 g/mol. The molecule has 0 N–H and O–H groups in total. The maximum Gasteiger partial charge on any atom is 0.104 e. The normalized spacial score (nSPS) is 9.29. The lowest BCUT2D eigenvalue weighted by Crippen LogP contribution is -1.50. The van der Waals surface area contributed by atoms with Crippen LogP contribution in [0.5, 0.6) is 0 Å². The summed E-state index contributed by atoms with van der Waals surface area (Å²) in [4.78, 5) is 1.18. The summed E-state index contributed by atoms with van der Waals surface area (Å²) in [5.74, 6) is 0. The van der Waals surface area contributed by atoms with Gasteiger partial charge in [0, 0.05) is 4.90 Å². The zero-order valence-electron chi connectivity index (χ0n) is 4.05. The highest BCUT2D eigenvalue weighted by atomic mass is 32.2. The van der Waals surface area contributed by atoms with Crippen LogP contribution < -0.4 is 0 Å². The van der Waals surface area contributed by atoms with Crippen molar-refractivity contribution in [2.24, 2.45) is 0 Å². The Morgan fingerprint density at radius 2 is 2.57 bits per heavy atom. The topological polar surface area (TPSA) is 13.1 Å². The van der Waals surface area contributed by atoms with Crippen LogP contribution in [0, 0.1) is 0 Å². The van der Waals surface area contributed by atoms with Crippen molar-refractivity contribution in [1.29, 1.82) is 0 Å². The third-order valence-corrected chi connectivity index (χ3v) is 1.43. The zero-order chi connectivity index (χ0) is 5.11. The van der Waals surface area contributed by atoms with Gasteiger partial charge >= 0.3 is 0 Å². The quantitative estimate of drug-likeness (QED) is 0.518. The van der Waals surface area contributed by atoms with Crippen LogP contribution in [0.25, 0.3) is 0 Å². The highest BCUT2D eigenvalue weighted by Crippen LogP contribution is 2.12. The molecule has 0 radical (unpaired) electrons. The predicted molar refractivity (Wildman–Crippen MR) is 30.5 cm³/mol. The molecule has 7 heavy (non-hydrogen) atoms. The molecule has 38 valence electrons. The van der Waals surface area contributed by atoms with Gasteiger partial charge in [0.2, 0.25) is 0 Å². The van der Waals surface area contributed by atoms with Crippen molar-refractivity contribution in [3.8, 4) is 0 Å². The molecule has 0 bridgehead atoms. The molecule has 0 unspecified atom stereocenters. The SMILES string of the molecule is CSc1ccoc1. The third kappa shape index (κ3) is 0.996. The van der Waals surface area contributed by atoms with Crippen molar-refractivity contribution >= 4 is 11.8 Å². The second-order valence-electron chi connectivity index (χ2n) is 1.16. The molecule has 0 aliphatic heterocycles. The van der Waals surface area contributed by atoms with Gasteiger partial charge < -0.3 is 4.42 Å². The molecule has 0 saturated heterocycles. The Kier molecular flexibility index (Phi) is 1.42. The highest BCUT2D eigenvalue weighted by Gasteiger charge is 1.84. The Hall–Kier alpha value is -0.370. The van der Waals surface area contributed by atoms with Gasteiger partial charge in [-0.25, -0.2) is 0 Å². The van der Waals surface area contributed by atoms with E-state index >= 15 is 0 Å². The Bertz CT molecular complexity index is 123. The van der Waals surface area contributed by atoms with E-state index in [2.05, 4.69) is 0 Å². The summed E-state index contributed by atoms with van der Waals surface area (Å²) in [5.41, 5.74) is 0. The van der Waals surface area contributed by atoms with Crippen LogP contribution in [-0.4, -0.2) is 6.26 Å². The second-order valence-corrected chi connectivity index (χ2v) is 2.04. The van der Waals surface area contributed by atoms with Crippen molar-refractivity contribution in [3.63, 3.8) is 0 Å². The lowest BCUT2D eigenvalue weighted by atomic mass is 10.7. The van der Waals surface area contributed by atoms with E-state index in [0.29, 0.717) is 0 Å². The summed E-state index contributed by atoms with van der Waals surface area (Å²) in [6.07, 6.45) is 5.42. The zero-order valence-corrected chi connectivity index (χ0v) is 4.87. The summed E-state index contributed by atoms with van der Waals surface area (Å²) in [6.45, 7) is 0. The summed E-state index contributed by atoms with van der Waals surface area (Å²) >= 11 is 1.68. The molecule has 0 atom stereocenters. The Morgan fingerprint density at radius 3 is 2.86 bits per heavy atom. The monoisotopic (exact) mass is 114 g/mol. The summed E-state index contributed by atoms with van der Waals surface area (Å²) < 4.78 is 4.78. The standard InChI is InChI=1S/C5H6OS/c1-7-5-2-3-6-4-5/h2-4H,1H3. The van der Waals surface area contributed by atoms with Gasteiger partial charge in [0.1, 0.15) is 6.26 Å². The van der Waals surface area contributed by atoms with E-state index in [4.69, 9.17) is 4.42 Å². The molecule has 2 heteroatoms. The summed E-state index contributed by atoms with van der Waals surface area (Å²) in [6, 6.07) is 1.94. The van der Waals surface area contributed by atoms with Gasteiger partial charge in [0.05, 0.1) is 6.26 Å². The van der Waals surface area contributed by atoms with E-state index in [-0.39, 0.29) is 0 Å². The molecule has 1 rings (SSSR count). The van der Waals surface area contributed by atoms with Gasteiger partial charge in [-0.15, -0.1) is 11.8 Å². The molecule has 1 aromatic rings. The Balaban J connectivity index is 2.76. The lowest BCUT2D eigenvalue weighted by Gasteiger charge is -1.77. The lowest BCUT2D eigenvalue weighted by molar-refractivity contribution is 0.562. The minimum absolute atomic E-state index is 1.18. The fourth-order valence-corrected chi connectivity index (χ4v) is 0.712. The molecule has 1 nitrogen and oxygen atoms in total. The molecule has 0 fully saturated rings. The molecular formula is C5H6OS. The van der Waals surface area contributed by atoms with Crippen LogP contribution in [0.15, 0.2) is 27.9 Å². The molecule has 0 aromatic carbocycles. The van der Waals surface area contributed by atoms with Crippen molar-refractivity contribution < 1.29 is 4.42 Å². The largest absolute Gasteiger partial charge is 0.471 e. The number of thioether (sulfide) groups is 1. The van der Waals surface area contributed by atoms with Crippen molar-refractivity contribution in [3.05, 3.63) is 18.6 Å². The molecule has 1 heterocycles. The van der Waals surface area contributed by atoms with E-state index in [0.717, 1.165) is 0 Å². The van der Waals surface area contributed by atoms with Crippen LogP contribution >= 0.6 is 11.8 Å². The van der Waals surface area contributed by atoms with Gasteiger partial charge in [-0.05, 0) is 12.3 Å². The maximum absolute atomic E-state index is 4.78. The number of hydrogen-bond acceptors (Lipinski definition) is 2. The fourth-order valence-electron chi connectivity index (χ4n) is 0.368. The van der Waals surface area contributed by atoms with Crippen LogP contribution in [0.4, 0.5) is 0 Å². The van der Waals surface area contributed by atoms with Crippen molar-refractivity contribution in [2.75, 3.05) is 6.26 Å². The van der Waals surface area contributed by atoms with Crippen LogP contribution in [0.3, 0.4) is 0 Å². The van der Waals surface area contributed by atoms with Crippen LogP contribution in [0.2, 0.25) is 0 Å². The molecule has 0 aliphatic carbocycles. The fraction of sp³-hybridized carbons (Fsp3) is 0.200. The van der Waals surface area contributed by atoms with Gasteiger partial charge in [0.15, 0.2) is 0 Å². The van der Waals surface area contributed by atoms with E-state index < -0.39 is 0 Å². The highest BCUT2D eigenvalue weighted by molar-refractivity contribution is 7.98. The first-order valence-electron chi connectivity index (χ1n) is 1.99.